The molecule has 7 nitrogen and oxygen atoms in total. The van der Waals surface area contributed by atoms with E-state index in [-0.39, 0.29) is 12.7 Å². The number of benzene rings is 2. The molecule has 0 saturated heterocycles. The van der Waals surface area contributed by atoms with Crippen molar-refractivity contribution < 1.29 is 14.3 Å². The highest BCUT2D eigenvalue weighted by atomic mass is 32.1. The molecular formula is C22H20N4O3S. The zero-order valence-corrected chi connectivity index (χ0v) is 17.5. The summed E-state index contributed by atoms with van der Waals surface area (Å²) >= 11 is 1.58. The molecule has 30 heavy (non-hydrogen) atoms. The monoisotopic (exact) mass is 420 g/mol. The fourth-order valence-electron chi connectivity index (χ4n) is 3.45. The fraction of sp³-hybridized carbons (Fsp3) is 0.227. The Balaban J connectivity index is 1.38. The third-order valence-electron chi connectivity index (χ3n) is 5.00. The van der Waals surface area contributed by atoms with Gasteiger partial charge in [0.15, 0.2) is 11.5 Å². The summed E-state index contributed by atoms with van der Waals surface area (Å²) in [6.45, 7) is 0.284. The van der Waals surface area contributed by atoms with Crippen LogP contribution in [0.1, 0.15) is 20.9 Å². The van der Waals surface area contributed by atoms with Gasteiger partial charge in [-0.1, -0.05) is 29.5 Å². The van der Waals surface area contributed by atoms with Crippen LogP contribution in [0, 0.1) is 0 Å². The number of aryl methyl sites for hydroxylation is 2. The second kappa shape index (κ2) is 7.46. The van der Waals surface area contributed by atoms with Crippen molar-refractivity contribution in [2.75, 3.05) is 20.9 Å². The van der Waals surface area contributed by atoms with E-state index in [9.17, 15) is 4.79 Å². The third kappa shape index (κ3) is 3.39. The molecule has 0 aliphatic carbocycles. The van der Waals surface area contributed by atoms with Crippen LogP contribution in [-0.2, 0) is 12.8 Å². The molecule has 0 spiro atoms. The highest BCUT2D eigenvalue weighted by Crippen LogP contribution is 2.33. The quantitative estimate of drug-likeness (QED) is 0.493. The van der Waals surface area contributed by atoms with Crippen molar-refractivity contribution in [2.45, 2.75) is 12.8 Å². The van der Waals surface area contributed by atoms with Gasteiger partial charge in [0.05, 0.1) is 11.9 Å². The maximum Gasteiger partial charge on any atom is 0.253 e. The van der Waals surface area contributed by atoms with Gasteiger partial charge in [-0.25, -0.2) is 9.50 Å². The van der Waals surface area contributed by atoms with Gasteiger partial charge in [0.2, 0.25) is 11.8 Å². The molecule has 5 rings (SSSR count). The number of fused-ring (bicyclic) bond motifs is 2. The Morgan fingerprint density at radius 2 is 2.00 bits per heavy atom. The number of carbonyl (C=O) groups is 1. The topological polar surface area (TPSA) is 69.0 Å². The van der Waals surface area contributed by atoms with E-state index in [2.05, 4.69) is 11.1 Å². The minimum absolute atomic E-state index is 0.0275. The highest BCUT2D eigenvalue weighted by molar-refractivity contribution is 7.16. The minimum Gasteiger partial charge on any atom is -0.454 e. The van der Waals surface area contributed by atoms with E-state index in [0.29, 0.717) is 5.56 Å². The first-order valence-electron chi connectivity index (χ1n) is 9.62. The van der Waals surface area contributed by atoms with E-state index in [0.717, 1.165) is 45.6 Å². The minimum atomic E-state index is -0.0275. The van der Waals surface area contributed by atoms with Crippen LogP contribution in [0.4, 0.5) is 0 Å². The zero-order chi connectivity index (χ0) is 20.7. The summed E-state index contributed by atoms with van der Waals surface area (Å²) in [5, 5.41) is 5.78. The van der Waals surface area contributed by atoms with Crippen LogP contribution in [0.3, 0.4) is 0 Å². The van der Waals surface area contributed by atoms with Gasteiger partial charge in [0, 0.05) is 31.6 Å². The number of imidazole rings is 1. The van der Waals surface area contributed by atoms with Crippen molar-refractivity contribution in [1.82, 2.24) is 19.5 Å². The van der Waals surface area contributed by atoms with Gasteiger partial charge in [-0.05, 0) is 36.2 Å². The lowest BCUT2D eigenvalue weighted by Gasteiger charge is -2.10. The largest absolute Gasteiger partial charge is 0.454 e. The predicted octanol–water partition coefficient (Wildman–Crippen LogP) is 3.67. The van der Waals surface area contributed by atoms with E-state index in [4.69, 9.17) is 14.6 Å². The standard InChI is InChI=1S/C22H20N4O3S/c1-25(2)21(27)16-5-3-4-15(11-16)17-12-23-22-26(17)24-20(30-22)9-7-14-6-8-18-19(10-14)29-13-28-18/h3-6,8,10-12H,7,9,13H2,1-2H3. The highest BCUT2D eigenvalue weighted by Gasteiger charge is 2.16. The molecule has 0 fully saturated rings. The van der Waals surface area contributed by atoms with Gasteiger partial charge < -0.3 is 14.4 Å². The Bertz CT molecular complexity index is 1240. The number of carbonyl (C=O) groups excluding carboxylic acids is 1. The molecule has 2 aromatic heterocycles. The van der Waals surface area contributed by atoms with Crippen LogP contribution in [0.15, 0.2) is 48.7 Å². The number of amides is 1. The van der Waals surface area contributed by atoms with E-state index in [1.165, 1.54) is 5.56 Å². The lowest BCUT2D eigenvalue weighted by atomic mass is 10.1. The van der Waals surface area contributed by atoms with E-state index >= 15 is 0 Å². The molecule has 1 aliphatic rings. The molecule has 0 saturated carbocycles. The fourth-order valence-corrected chi connectivity index (χ4v) is 4.32. The summed E-state index contributed by atoms with van der Waals surface area (Å²) in [6, 6.07) is 13.6. The average molecular weight is 420 g/mol. The van der Waals surface area contributed by atoms with Crippen LogP contribution in [0.5, 0.6) is 11.5 Å². The zero-order valence-electron chi connectivity index (χ0n) is 16.7. The van der Waals surface area contributed by atoms with Crippen LogP contribution >= 0.6 is 11.3 Å². The summed E-state index contributed by atoms with van der Waals surface area (Å²) < 4.78 is 12.7. The molecule has 8 heteroatoms. The van der Waals surface area contributed by atoms with Crippen LogP contribution in [-0.4, -0.2) is 46.3 Å². The number of hydrogen-bond donors (Lipinski definition) is 0. The third-order valence-corrected chi connectivity index (χ3v) is 5.99. The molecule has 4 aromatic rings. The molecule has 0 bridgehead atoms. The van der Waals surface area contributed by atoms with Crippen molar-refractivity contribution in [2.24, 2.45) is 0 Å². The van der Waals surface area contributed by atoms with E-state index in [1.54, 1.807) is 36.5 Å². The lowest BCUT2D eigenvalue weighted by Crippen LogP contribution is -2.21. The maximum absolute atomic E-state index is 12.3. The first kappa shape index (κ1) is 18.6. The summed E-state index contributed by atoms with van der Waals surface area (Å²) in [5.74, 6) is 1.57. The van der Waals surface area contributed by atoms with E-state index in [1.807, 2.05) is 40.9 Å². The Morgan fingerprint density at radius 1 is 1.13 bits per heavy atom. The van der Waals surface area contributed by atoms with Crippen molar-refractivity contribution >= 4 is 22.2 Å². The Hall–Kier alpha value is -3.39. The van der Waals surface area contributed by atoms with Crippen LogP contribution in [0.25, 0.3) is 16.2 Å². The number of hydrogen-bond acceptors (Lipinski definition) is 6. The molecule has 1 amide bonds. The first-order chi connectivity index (χ1) is 14.6. The van der Waals surface area contributed by atoms with Crippen LogP contribution in [0.2, 0.25) is 0 Å². The van der Waals surface area contributed by atoms with Gasteiger partial charge in [-0.3, -0.25) is 4.79 Å². The summed E-state index contributed by atoms with van der Waals surface area (Å²) in [4.78, 5) is 19.2. The molecule has 0 N–H and O–H groups in total. The average Bonchev–Trinajstić information content (AvgIpc) is 3.46. The molecule has 3 heterocycles. The molecular weight excluding hydrogens is 400 g/mol. The second-order valence-electron chi connectivity index (χ2n) is 7.30. The van der Waals surface area contributed by atoms with Crippen LogP contribution < -0.4 is 9.47 Å². The molecule has 2 aromatic carbocycles. The van der Waals surface area contributed by atoms with Gasteiger partial charge in [0.25, 0.3) is 5.91 Å². The van der Waals surface area contributed by atoms with Gasteiger partial charge in [-0.2, -0.15) is 5.10 Å². The Morgan fingerprint density at radius 3 is 2.87 bits per heavy atom. The van der Waals surface area contributed by atoms with Crippen molar-refractivity contribution in [3.05, 3.63) is 64.8 Å². The summed E-state index contributed by atoms with van der Waals surface area (Å²) in [5.41, 5.74) is 3.62. The van der Waals surface area contributed by atoms with E-state index < -0.39 is 0 Å². The van der Waals surface area contributed by atoms with Crippen molar-refractivity contribution in [3.8, 4) is 22.8 Å². The number of rotatable bonds is 5. The number of aromatic nitrogens is 3. The SMILES string of the molecule is CN(C)C(=O)c1cccc(-c2cnc3sc(CCc4ccc5c(c4)OCO5)nn23)c1. The Labute approximate surface area is 177 Å². The molecule has 0 atom stereocenters. The number of nitrogens with zero attached hydrogens (tertiary/aromatic N) is 4. The van der Waals surface area contributed by atoms with Gasteiger partial charge in [-0.15, -0.1) is 0 Å². The smallest absolute Gasteiger partial charge is 0.253 e. The van der Waals surface area contributed by atoms with Crippen molar-refractivity contribution in [3.63, 3.8) is 0 Å². The molecule has 152 valence electrons. The Kier molecular flexibility index (Phi) is 4.63. The summed E-state index contributed by atoms with van der Waals surface area (Å²) in [6.07, 6.45) is 3.47. The predicted molar refractivity (Wildman–Crippen MR) is 114 cm³/mol. The normalized spacial score (nSPS) is 12.5. The second-order valence-corrected chi connectivity index (χ2v) is 8.34. The van der Waals surface area contributed by atoms with Crippen molar-refractivity contribution in [1.29, 1.82) is 0 Å². The van der Waals surface area contributed by atoms with Gasteiger partial charge in [0.1, 0.15) is 5.01 Å². The molecule has 0 unspecified atom stereocenters. The lowest BCUT2D eigenvalue weighted by molar-refractivity contribution is 0.0827. The molecule has 1 aliphatic heterocycles. The summed E-state index contributed by atoms with van der Waals surface area (Å²) in [7, 11) is 3.50. The number of ether oxygens (including phenoxy) is 2. The maximum atomic E-state index is 12.3. The first-order valence-corrected chi connectivity index (χ1v) is 10.4. The van der Waals surface area contributed by atoms with Gasteiger partial charge >= 0.3 is 0 Å². The molecule has 0 radical (unpaired) electrons.